The Kier molecular flexibility index (Phi) is 4.69. The minimum atomic E-state index is -4.69. The third kappa shape index (κ3) is 3.55. The first-order valence-electron chi connectivity index (χ1n) is 6.69. The Balaban J connectivity index is 2.01. The third-order valence-corrected chi connectivity index (χ3v) is 3.77. The number of benzene rings is 1. The molecule has 1 aromatic carbocycles. The predicted octanol–water partition coefficient (Wildman–Crippen LogP) is 2.74. The normalized spacial score (nSPS) is 18.4. The molecule has 0 aromatic heterocycles. The Morgan fingerprint density at radius 2 is 1.82 bits per heavy atom. The van der Waals surface area contributed by atoms with E-state index < -0.39 is 35.7 Å². The summed E-state index contributed by atoms with van der Waals surface area (Å²) in [5.41, 5.74) is -0.323. The van der Waals surface area contributed by atoms with Gasteiger partial charge in [-0.3, -0.25) is 4.79 Å². The van der Waals surface area contributed by atoms with Gasteiger partial charge in [0.1, 0.15) is 11.6 Å². The number of halogens is 5. The number of alkyl halides is 3. The van der Waals surface area contributed by atoms with Crippen LogP contribution in [0.5, 0.6) is 0 Å². The predicted molar refractivity (Wildman–Crippen MR) is 67.0 cm³/mol. The zero-order valence-corrected chi connectivity index (χ0v) is 11.4. The molecule has 1 aromatic rings. The number of hydrogen-bond acceptors (Lipinski definition) is 2. The molecule has 0 bridgehead atoms. The lowest BCUT2D eigenvalue weighted by molar-refractivity contribution is -0.222. The van der Waals surface area contributed by atoms with Crippen LogP contribution in [0.15, 0.2) is 18.2 Å². The standard InChI is InChI=1S/C14H14F5NO2/c15-9-1-2-10(11(16)7-9)13(22)20-5-3-8(4-6-20)12(21)14(17,18)19/h1-2,7-8,12,21H,3-6H2. The maximum atomic E-state index is 13.5. The molecular formula is C14H14F5NO2. The van der Waals surface area contributed by atoms with Crippen LogP contribution in [-0.2, 0) is 0 Å². The van der Waals surface area contributed by atoms with E-state index in [-0.39, 0.29) is 31.5 Å². The van der Waals surface area contributed by atoms with E-state index in [9.17, 15) is 31.9 Å². The van der Waals surface area contributed by atoms with Crippen LogP contribution in [0.4, 0.5) is 22.0 Å². The summed E-state index contributed by atoms with van der Waals surface area (Å²) in [5, 5.41) is 9.20. The van der Waals surface area contributed by atoms with Gasteiger partial charge < -0.3 is 10.0 Å². The summed E-state index contributed by atoms with van der Waals surface area (Å²) in [5.74, 6) is -3.51. The van der Waals surface area contributed by atoms with E-state index in [1.165, 1.54) is 4.90 Å². The van der Waals surface area contributed by atoms with E-state index >= 15 is 0 Å². The van der Waals surface area contributed by atoms with Crippen LogP contribution in [0.3, 0.4) is 0 Å². The number of amides is 1. The van der Waals surface area contributed by atoms with Crippen molar-refractivity contribution in [2.45, 2.75) is 25.1 Å². The van der Waals surface area contributed by atoms with Crippen molar-refractivity contribution in [2.75, 3.05) is 13.1 Å². The molecule has 2 rings (SSSR count). The molecule has 22 heavy (non-hydrogen) atoms. The molecular weight excluding hydrogens is 309 g/mol. The SMILES string of the molecule is O=C(c1ccc(F)cc1F)N1CCC(C(O)C(F)(F)F)CC1. The van der Waals surface area contributed by atoms with Gasteiger partial charge >= 0.3 is 6.18 Å². The molecule has 3 nitrogen and oxygen atoms in total. The molecule has 1 atom stereocenters. The second-order valence-corrected chi connectivity index (χ2v) is 5.24. The van der Waals surface area contributed by atoms with Gasteiger partial charge in [-0.1, -0.05) is 0 Å². The topological polar surface area (TPSA) is 40.5 Å². The van der Waals surface area contributed by atoms with Crippen LogP contribution < -0.4 is 0 Å². The number of carbonyl (C=O) groups excluding carboxylic acids is 1. The van der Waals surface area contributed by atoms with Crippen molar-refractivity contribution in [2.24, 2.45) is 5.92 Å². The average molecular weight is 323 g/mol. The second kappa shape index (κ2) is 6.20. The van der Waals surface area contributed by atoms with Crippen molar-refractivity contribution in [3.8, 4) is 0 Å². The van der Waals surface area contributed by atoms with Crippen molar-refractivity contribution in [1.82, 2.24) is 4.90 Å². The molecule has 1 fully saturated rings. The van der Waals surface area contributed by atoms with Crippen molar-refractivity contribution in [3.63, 3.8) is 0 Å². The van der Waals surface area contributed by atoms with Crippen LogP contribution in [0, 0.1) is 17.6 Å². The number of aliphatic hydroxyl groups excluding tert-OH is 1. The molecule has 8 heteroatoms. The molecule has 122 valence electrons. The molecule has 1 unspecified atom stereocenters. The zero-order chi connectivity index (χ0) is 16.5. The minimum Gasteiger partial charge on any atom is -0.383 e. The Hall–Kier alpha value is -1.70. The number of likely N-dealkylation sites (tertiary alicyclic amines) is 1. The highest BCUT2D eigenvalue weighted by molar-refractivity contribution is 5.94. The molecule has 1 aliphatic heterocycles. The maximum absolute atomic E-state index is 13.5. The summed E-state index contributed by atoms with van der Waals surface area (Å²) < 4.78 is 63.6. The van der Waals surface area contributed by atoms with E-state index in [0.29, 0.717) is 6.07 Å². The highest BCUT2D eigenvalue weighted by Crippen LogP contribution is 2.32. The molecule has 1 heterocycles. The maximum Gasteiger partial charge on any atom is 0.414 e. The Bertz CT molecular complexity index is 553. The van der Waals surface area contributed by atoms with E-state index in [2.05, 4.69) is 0 Å². The quantitative estimate of drug-likeness (QED) is 0.850. The Morgan fingerprint density at radius 1 is 1.23 bits per heavy atom. The monoisotopic (exact) mass is 323 g/mol. The first-order chi connectivity index (χ1) is 10.2. The lowest BCUT2D eigenvalue weighted by atomic mass is 9.90. The summed E-state index contributed by atoms with van der Waals surface area (Å²) in [4.78, 5) is 13.3. The minimum absolute atomic E-state index is 0.0204. The number of rotatable bonds is 2. The summed E-state index contributed by atoms with van der Waals surface area (Å²) in [6.45, 7) is -0.0408. The van der Waals surface area contributed by atoms with E-state index in [0.717, 1.165) is 12.1 Å². The van der Waals surface area contributed by atoms with Crippen LogP contribution in [-0.4, -0.2) is 41.3 Å². The molecule has 0 saturated carbocycles. The van der Waals surface area contributed by atoms with Gasteiger partial charge in [0.25, 0.3) is 5.91 Å². The highest BCUT2D eigenvalue weighted by atomic mass is 19.4. The van der Waals surface area contributed by atoms with E-state index in [1.54, 1.807) is 0 Å². The van der Waals surface area contributed by atoms with Crippen molar-refractivity contribution in [1.29, 1.82) is 0 Å². The van der Waals surface area contributed by atoms with E-state index in [4.69, 9.17) is 0 Å². The Morgan fingerprint density at radius 3 is 2.32 bits per heavy atom. The second-order valence-electron chi connectivity index (χ2n) is 5.24. The number of piperidine rings is 1. The fourth-order valence-electron chi connectivity index (χ4n) is 2.52. The van der Waals surface area contributed by atoms with Gasteiger partial charge in [0.2, 0.25) is 0 Å². The smallest absolute Gasteiger partial charge is 0.383 e. The van der Waals surface area contributed by atoms with Gasteiger partial charge in [0, 0.05) is 19.2 Å². The summed E-state index contributed by atoms with van der Waals surface area (Å²) in [6, 6.07) is 2.52. The van der Waals surface area contributed by atoms with Gasteiger partial charge in [-0.25, -0.2) is 8.78 Å². The molecule has 1 aliphatic rings. The zero-order valence-electron chi connectivity index (χ0n) is 11.4. The molecule has 1 saturated heterocycles. The highest BCUT2D eigenvalue weighted by Gasteiger charge is 2.44. The van der Waals surface area contributed by atoms with Crippen molar-refractivity contribution < 1.29 is 31.9 Å². The molecule has 0 radical (unpaired) electrons. The Labute approximate surface area is 123 Å². The summed E-state index contributed by atoms with van der Waals surface area (Å²) >= 11 is 0. The molecule has 1 N–H and O–H groups in total. The molecule has 0 spiro atoms. The first-order valence-corrected chi connectivity index (χ1v) is 6.69. The van der Waals surface area contributed by atoms with Gasteiger partial charge in [-0.05, 0) is 30.9 Å². The fraction of sp³-hybridized carbons (Fsp3) is 0.500. The van der Waals surface area contributed by atoms with Gasteiger partial charge in [-0.2, -0.15) is 13.2 Å². The summed E-state index contributed by atoms with van der Waals surface area (Å²) in [6.07, 6.45) is -7.18. The van der Waals surface area contributed by atoms with Gasteiger partial charge in [0.15, 0.2) is 6.10 Å². The average Bonchev–Trinajstić information content (AvgIpc) is 2.45. The van der Waals surface area contributed by atoms with Gasteiger partial charge in [-0.15, -0.1) is 0 Å². The van der Waals surface area contributed by atoms with Crippen LogP contribution in [0.1, 0.15) is 23.2 Å². The van der Waals surface area contributed by atoms with Crippen molar-refractivity contribution >= 4 is 5.91 Å². The van der Waals surface area contributed by atoms with Crippen LogP contribution in [0.25, 0.3) is 0 Å². The van der Waals surface area contributed by atoms with Crippen molar-refractivity contribution in [3.05, 3.63) is 35.4 Å². The molecule has 1 amide bonds. The number of aliphatic hydroxyl groups is 1. The first kappa shape index (κ1) is 16.7. The van der Waals surface area contributed by atoms with Crippen LogP contribution in [0.2, 0.25) is 0 Å². The largest absolute Gasteiger partial charge is 0.414 e. The van der Waals surface area contributed by atoms with Crippen LogP contribution >= 0.6 is 0 Å². The third-order valence-electron chi connectivity index (χ3n) is 3.77. The fourth-order valence-corrected chi connectivity index (χ4v) is 2.52. The lowest BCUT2D eigenvalue weighted by Gasteiger charge is -2.34. The van der Waals surface area contributed by atoms with Gasteiger partial charge in [0.05, 0.1) is 5.56 Å². The van der Waals surface area contributed by atoms with E-state index in [1.807, 2.05) is 0 Å². The number of carbonyl (C=O) groups is 1. The summed E-state index contributed by atoms with van der Waals surface area (Å²) in [7, 11) is 0. The molecule has 0 aliphatic carbocycles. The lowest BCUT2D eigenvalue weighted by Crippen LogP contribution is -2.45. The number of hydrogen-bond donors (Lipinski definition) is 1. The number of nitrogens with zero attached hydrogens (tertiary/aromatic N) is 1.